The smallest absolute Gasteiger partial charge is 0.260 e. The summed E-state index contributed by atoms with van der Waals surface area (Å²) in [7, 11) is 1.62. The lowest BCUT2D eigenvalue weighted by Crippen LogP contribution is -2.49. The van der Waals surface area contributed by atoms with Crippen molar-refractivity contribution in [1.29, 1.82) is 0 Å². The maximum Gasteiger partial charge on any atom is 0.260 e. The third kappa shape index (κ3) is 4.43. The van der Waals surface area contributed by atoms with Crippen molar-refractivity contribution in [3.8, 4) is 11.5 Å². The number of para-hydroxylation sites is 1. The van der Waals surface area contributed by atoms with E-state index in [4.69, 9.17) is 14.5 Å². The highest BCUT2D eigenvalue weighted by Gasteiger charge is 2.22. The first-order valence-corrected chi connectivity index (χ1v) is 10.1. The van der Waals surface area contributed by atoms with E-state index in [1.807, 2.05) is 41.3 Å². The SMILES string of the molecule is COc1ccc(OCC(=O)N2CCN(Cc3nc4ccccc4s3)CC2)cc1. The minimum Gasteiger partial charge on any atom is -0.497 e. The first-order valence-electron chi connectivity index (χ1n) is 9.33. The minimum atomic E-state index is 0.0236. The zero-order valence-corrected chi connectivity index (χ0v) is 16.7. The highest BCUT2D eigenvalue weighted by molar-refractivity contribution is 7.18. The second-order valence-corrected chi connectivity index (χ2v) is 7.81. The maximum absolute atomic E-state index is 12.4. The van der Waals surface area contributed by atoms with Crippen LogP contribution in [-0.4, -0.2) is 60.6 Å². The molecule has 0 radical (unpaired) electrons. The van der Waals surface area contributed by atoms with E-state index in [1.165, 1.54) is 4.70 Å². The fourth-order valence-corrected chi connectivity index (χ4v) is 4.25. The summed E-state index contributed by atoms with van der Waals surface area (Å²) >= 11 is 1.74. The number of piperazine rings is 1. The Morgan fingerprint density at radius 1 is 1.04 bits per heavy atom. The molecule has 7 heteroatoms. The molecule has 3 aromatic rings. The number of hydrogen-bond acceptors (Lipinski definition) is 6. The van der Waals surface area contributed by atoms with Crippen LogP contribution in [0.15, 0.2) is 48.5 Å². The summed E-state index contributed by atoms with van der Waals surface area (Å²) in [6.07, 6.45) is 0. The molecule has 6 nitrogen and oxygen atoms in total. The number of methoxy groups -OCH3 is 1. The molecule has 1 fully saturated rings. The van der Waals surface area contributed by atoms with Crippen molar-refractivity contribution in [2.75, 3.05) is 39.9 Å². The average Bonchev–Trinajstić information content (AvgIpc) is 3.15. The topological polar surface area (TPSA) is 54.9 Å². The molecule has 2 aromatic carbocycles. The van der Waals surface area contributed by atoms with Crippen molar-refractivity contribution in [3.05, 3.63) is 53.5 Å². The van der Waals surface area contributed by atoms with Gasteiger partial charge in [0.25, 0.3) is 5.91 Å². The Kier molecular flexibility index (Phi) is 5.73. The van der Waals surface area contributed by atoms with Gasteiger partial charge in [-0.2, -0.15) is 0 Å². The van der Waals surface area contributed by atoms with Crippen LogP contribution in [0.3, 0.4) is 0 Å². The largest absolute Gasteiger partial charge is 0.497 e. The fraction of sp³-hybridized carbons (Fsp3) is 0.333. The molecule has 0 saturated carbocycles. The number of aromatic nitrogens is 1. The number of thiazole rings is 1. The van der Waals surface area contributed by atoms with E-state index in [9.17, 15) is 4.79 Å². The number of nitrogens with zero attached hydrogens (tertiary/aromatic N) is 3. The molecule has 1 aliphatic rings. The fourth-order valence-electron chi connectivity index (χ4n) is 3.24. The van der Waals surface area contributed by atoms with Crippen LogP contribution in [0.4, 0.5) is 0 Å². The van der Waals surface area contributed by atoms with Gasteiger partial charge in [-0.3, -0.25) is 9.69 Å². The van der Waals surface area contributed by atoms with E-state index < -0.39 is 0 Å². The van der Waals surface area contributed by atoms with Crippen molar-refractivity contribution in [3.63, 3.8) is 0 Å². The van der Waals surface area contributed by atoms with Gasteiger partial charge < -0.3 is 14.4 Å². The van der Waals surface area contributed by atoms with Gasteiger partial charge in [0.2, 0.25) is 0 Å². The predicted molar refractivity (Wildman–Crippen MR) is 110 cm³/mol. The quantitative estimate of drug-likeness (QED) is 0.640. The summed E-state index contributed by atoms with van der Waals surface area (Å²) < 4.78 is 12.0. The van der Waals surface area contributed by atoms with E-state index in [0.717, 1.165) is 49.0 Å². The van der Waals surface area contributed by atoms with Gasteiger partial charge in [0.05, 0.1) is 23.9 Å². The summed E-state index contributed by atoms with van der Waals surface area (Å²) in [5.41, 5.74) is 1.06. The molecule has 1 aromatic heterocycles. The predicted octanol–water partition coefficient (Wildman–Crippen LogP) is 3.03. The van der Waals surface area contributed by atoms with E-state index in [2.05, 4.69) is 17.0 Å². The standard InChI is InChI=1S/C21H23N3O3S/c1-26-16-6-8-17(9-7-16)27-15-21(25)24-12-10-23(11-13-24)14-20-22-18-4-2-3-5-19(18)28-20/h2-9H,10-15H2,1H3. The molecule has 0 N–H and O–H groups in total. The van der Waals surface area contributed by atoms with Crippen LogP contribution in [0.25, 0.3) is 10.2 Å². The van der Waals surface area contributed by atoms with Crippen molar-refractivity contribution < 1.29 is 14.3 Å². The summed E-state index contributed by atoms with van der Waals surface area (Å²) in [5, 5.41) is 1.13. The lowest BCUT2D eigenvalue weighted by molar-refractivity contribution is -0.135. The van der Waals surface area contributed by atoms with Gasteiger partial charge in [-0.1, -0.05) is 12.1 Å². The van der Waals surface area contributed by atoms with Crippen molar-refractivity contribution >= 4 is 27.5 Å². The Balaban J connectivity index is 1.24. The number of carbonyl (C=O) groups excluding carboxylic acids is 1. The average molecular weight is 398 g/mol. The molecular formula is C21H23N3O3S. The molecule has 0 atom stereocenters. The van der Waals surface area contributed by atoms with Gasteiger partial charge >= 0.3 is 0 Å². The second-order valence-electron chi connectivity index (χ2n) is 6.70. The molecule has 0 unspecified atom stereocenters. The second kappa shape index (κ2) is 8.58. The lowest BCUT2D eigenvalue weighted by Gasteiger charge is -2.34. The first kappa shape index (κ1) is 18.7. The molecule has 0 bridgehead atoms. The summed E-state index contributed by atoms with van der Waals surface area (Å²) in [6, 6.07) is 15.5. The number of rotatable bonds is 6. The molecule has 2 heterocycles. The van der Waals surface area contributed by atoms with E-state index in [0.29, 0.717) is 5.75 Å². The van der Waals surface area contributed by atoms with Crippen molar-refractivity contribution in [2.45, 2.75) is 6.54 Å². The molecular weight excluding hydrogens is 374 g/mol. The van der Waals surface area contributed by atoms with Crippen LogP contribution in [0.2, 0.25) is 0 Å². The van der Waals surface area contributed by atoms with Gasteiger partial charge in [0, 0.05) is 26.2 Å². The van der Waals surface area contributed by atoms with Crippen LogP contribution in [0.5, 0.6) is 11.5 Å². The van der Waals surface area contributed by atoms with Gasteiger partial charge in [-0.05, 0) is 36.4 Å². The Labute approximate surface area is 168 Å². The van der Waals surface area contributed by atoms with Gasteiger partial charge in [-0.15, -0.1) is 11.3 Å². The number of hydrogen-bond donors (Lipinski definition) is 0. The number of ether oxygens (including phenoxy) is 2. The molecule has 1 amide bonds. The minimum absolute atomic E-state index is 0.0236. The van der Waals surface area contributed by atoms with Gasteiger partial charge in [0.1, 0.15) is 16.5 Å². The van der Waals surface area contributed by atoms with E-state index >= 15 is 0 Å². The number of benzene rings is 2. The molecule has 28 heavy (non-hydrogen) atoms. The van der Waals surface area contributed by atoms with E-state index in [-0.39, 0.29) is 12.5 Å². The molecule has 146 valence electrons. The molecule has 4 rings (SSSR count). The third-order valence-electron chi connectivity index (χ3n) is 4.84. The van der Waals surface area contributed by atoms with Crippen LogP contribution < -0.4 is 9.47 Å². The lowest BCUT2D eigenvalue weighted by atomic mass is 10.3. The normalized spacial score (nSPS) is 15.0. The Morgan fingerprint density at radius 2 is 1.75 bits per heavy atom. The highest BCUT2D eigenvalue weighted by atomic mass is 32.1. The zero-order chi connectivity index (χ0) is 19.3. The number of carbonyl (C=O) groups is 1. The monoisotopic (exact) mass is 397 g/mol. The highest BCUT2D eigenvalue weighted by Crippen LogP contribution is 2.23. The summed E-state index contributed by atoms with van der Waals surface area (Å²) in [4.78, 5) is 21.4. The summed E-state index contributed by atoms with van der Waals surface area (Å²) in [6.45, 7) is 4.04. The van der Waals surface area contributed by atoms with Crippen molar-refractivity contribution in [1.82, 2.24) is 14.8 Å². The van der Waals surface area contributed by atoms with Gasteiger partial charge in [0.15, 0.2) is 6.61 Å². The third-order valence-corrected chi connectivity index (χ3v) is 5.86. The Hall–Kier alpha value is -2.64. The van der Waals surface area contributed by atoms with Crippen molar-refractivity contribution in [2.24, 2.45) is 0 Å². The molecule has 1 aliphatic heterocycles. The Bertz CT molecular complexity index is 900. The first-order chi connectivity index (χ1) is 13.7. The number of amides is 1. The van der Waals surface area contributed by atoms with Crippen LogP contribution in [0.1, 0.15) is 5.01 Å². The van der Waals surface area contributed by atoms with Crippen LogP contribution in [-0.2, 0) is 11.3 Å². The zero-order valence-electron chi connectivity index (χ0n) is 15.8. The maximum atomic E-state index is 12.4. The molecule has 0 aliphatic carbocycles. The van der Waals surface area contributed by atoms with Crippen LogP contribution >= 0.6 is 11.3 Å². The van der Waals surface area contributed by atoms with E-state index in [1.54, 1.807) is 18.4 Å². The Morgan fingerprint density at radius 3 is 2.46 bits per heavy atom. The summed E-state index contributed by atoms with van der Waals surface area (Å²) in [5.74, 6) is 1.46. The van der Waals surface area contributed by atoms with Gasteiger partial charge in [-0.25, -0.2) is 4.98 Å². The molecule has 1 saturated heterocycles. The molecule has 0 spiro atoms. The van der Waals surface area contributed by atoms with Crippen LogP contribution in [0, 0.1) is 0 Å². The number of fused-ring (bicyclic) bond motifs is 1.